The molecule has 0 spiro atoms. The number of aliphatic carboxylic acids is 3. The maximum Gasteiger partial charge on any atom is 0.311 e. The Morgan fingerprint density at radius 3 is 2.09 bits per heavy atom. The first-order valence-corrected chi connectivity index (χ1v) is 10.4. The molecule has 1 aliphatic heterocycles. The molecule has 0 saturated carbocycles. The van der Waals surface area contributed by atoms with Gasteiger partial charge in [0.2, 0.25) is 6.29 Å². The van der Waals surface area contributed by atoms with Crippen LogP contribution >= 0.6 is 0 Å². The lowest BCUT2D eigenvalue weighted by molar-refractivity contribution is -0.387. The van der Waals surface area contributed by atoms with Gasteiger partial charge in [-0.1, -0.05) is 6.07 Å². The molecule has 5 atom stereocenters. The molecule has 1 heterocycles. The van der Waals surface area contributed by atoms with Gasteiger partial charge in [0.05, 0.1) is 30.5 Å². The van der Waals surface area contributed by atoms with E-state index in [2.05, 4.69) is 0 Å². The summed E-state index contributed by atoms with van der Waals surface area (Å²) in [6.45, 7) is 0.121. The van der Waals surface area contributed by atoms with Gasteiger partial charge in [0.25, 0.3) is 0 Å². The summed E-state index contributed by atoms with van der Waals surface area (Å²) in [5.41, 5.74) is -0.359. The van der Waals surface area contributed by atoms with Crippen molar-refractivity contribution >= 4 is 29.6 Å². The Labute approximate surface area is 198 Å². The molecule has 0 amide bonds. The maximum atomic E-state index is 11.6. The van der Waals surface area contributed by atoms with Crippen LogP contribution in [0.2, 0.25) is 0 Å². The Balaban J connectivity index is 2.55. The fourth-order valence-electron chi connectivity index (χ4n) is 4.11. The zero-order chi connectivity index (χ0) is 26.3. The SMILES string of the molecule is CC(=O)OC[C@@H]1O[C@@H](Oc2ccc(CO)cc2[N+](=O)[O-])[C@H](CC(=O)O)[C@@H](CC(=O)O)[C@H]1CC(=O)O. The van der Waals surface area contributed by atoms with E-state index in [1.165, 1.54) is 12.1 Å². The van der Waals surface area contributed by atoms with E-state index in [1.807, 2.05) is 0 Å². The standard InChI is InChI=1S/C21H25NO13/c1-10(24)33-9-17-13(6-19(27)28)12(5-18(25)26)14(7-20(29)30)21(35-17)34-16-3-2-11(8-23)4-15(16)22(31)32/h2-4,12-14,17,21,23H,5-9H2,1H3,(H,25,26)(H,27,28)(H,29,30)/t12-,13+,14+,17-,21+/m0/s1. The van der Waals surface area contributed by atoms with Gasteiger partial charge in [-0.3, -0.25) is 29.3 Å². The smallest absolute Gasteiger partial charge is 0.311 e. The van der Waals surface area contributed by atoms with Gasteiger partial charge >= 0.3 is 29.6 Å². The third-order valence-electron chi connectivity index (χ3n) is 5.56. The molecule has 1 aromatic rings. The minimum atomic E-state index is -1.56. The zero-order valence-electron chi connectivity index (χ0n) is 18.6. The average Bonchev–Trinajstić information content (AvgIpc) is 2.75. The van der Waals surface area contributed by atoms with Crippen molar-refractivity contribution in [3.8, 4) is 5.75 Å². The Bertz CT molecular complexity index is 978. The lowest BCUT2D eigenvalue weighted by Gasteiger charge is -2.45. The number of hydrogen-bond acceptors (Lipinski definition) is 10. The quantitative estimate of drug-likeness (QED) is 0.179. The highest BCUT2D eigenvalue weighted by Crippen LogP contribution is 2.43. The number of aliphatic hydroxyl groups excluding tert-OH is 1. The second-order valence-corrected chi connectivity index (χ2v) is 7.97. The molecule has 1 aromatic carbocycles. The number of carbonyl (C=O) groups is 4. The summed E-state index contributed by atoms with van der Waals surface area (Å²) in [4.78, 5) is 56.8. The van der Waals surface area contributed by atoms with Crippen molar-refractivity contribution in [3.63, 3.8) is 0 Å². The Kier molecular flexibility index (Phi) is 9.48. The van der Waals surface area contributed by atoms with E-state index in [1.54, 1.807) is 0 Å². The molecule has 4 N–H and O–H groups in total. The minimum absolute atomic E-state index is 0.203. The molecule has 0 unspecified atom stereocenters. The number of rotatable bonds is 12. The zero-order valence-corrected chi connectivity index (χ0v) is 18.6. The van der Waals surface area contributed by atoms with Crippen LogP contribution in [0, 0.1) is 27.9 Å². The van der Waals surface area contributed by atoms with Crippen LogP contribution in [0.1, 0.15) is 31.7 Å². The second-order valence-electron chi connectivity index (χ2n) is 7.97. The molecule has 1 saturated heterocycles. The number of ether oxygens (including phenoxy) is 3. The minimum Gasteiger partial charge on any atom is -0.481 e. The summed E-state index contributed by atoms with van der Waals surface area (Å²) >= 11 is 0. The molecule has 1 aliphatic rings. The van der Waals surface area contributed by atoms with Crippen LogP contribution in [0.4, 0.5) is 5.69 Å². The number of benzene rings is 1. The van der Waals surface area contributed by atoms with Gasteiger partial charge in [0.1, 0.15) is 6.61 Å². The van der Waals surface area contributed by atoms with E-state index in [4.69, 9.17) is 14.2 Å². The number of nitro benzene ring substituents is 1. The van der Waals surface area contributed by atoms with Crippen LogP contribution in [-0.4, -0.2) is 68.2 Å². The van der Waals surface area contributed by atoms with Crippen molar-refractivity contribution in [2.75, 3.05) is 6.61 Å². The number of carbonyl (C=O) groups excluding carboxylic acids is 1. The van der Waals surface area contributed by atoms with E-state index in [0.717, 1.165) is 13.0 Å². The van der Waals surface area contributed by atoms with E-state index in [0.29, 0.717) is 0 Å². The first-order chi connectivity index (χ1) is 16.4. The highest BCUT2D eigenvalue weighted by atomic mass is 16.7. The van der Waals surface area contributed by atoms with Crippen LogP contribution in [0.25, 0.3) is 0 Å². The molecular weight excluding hydrogens is 474 g/mol. The molecule has 1 fully saturated rings. The molecule has 192 valence electrons. The van der Waals surface area contributed by atoms with Gasteiger partial charge < -0.3 is 34.6 Å². The predicted octanol–water partition coefficient (Wildman–Crippen LogP) is 1.03. The number of nitrogens with zero attached hydrogens (tertiary/aromatic N) is 1. The molecule has 0 radical (unpaired) electrons. The number of carboxylic acids is 3. The van der Waals surface area contributed by atoms with Crippen LogP contribution in [0.15, 0.2) is 18.2 Å². The van der Waals surface area contributed by atoms with Crippen LogP contribution < -0.4 is 4.74 Å². The number of hydrogen-bond donors (Lipinski definition) is 4. The van der Waals surface area contributed by atoms with E-state index >= 15 is 0 Å². The third-order valence-corrected chi connectivity index (χ3v) is 5.56. The summed E-state index contributed by atoms with van der Waals surface area (Å²) < 4.78 is 16.4. The predicted molar refractivity (Wildman–Crippen MR) is 112 cm³/mol. The van der Waals surface area contributed by atoms with Crippen LogP contribution in [0.3, 0.4) is 0 Å². The monoisotopic (exact) mass is 499 g/mol. The maximum absolute atomic E-state index is 11.6. The van der Waals surface area contributed by atoms with Crippen LogP contribution in [0.5, 0.6) is 5.75 Å². The summed E-state index contributed by atoms with van der Waals surface area (Å²) in [5.74, 6) is -8.49. The van der Waals surface area contributed by atoms with E-state index < -0.39 is 97.1 Å². The molecule has 2 rings (SSSR count). The normalized spacial score (nSPS) is 23.8. The van der Waals surface area contributed by atoms with Crippen LogP contribution in [-0.2, 0) is 35.3 Å². The van der Waals surface area contributed by atoms with Crippen molar-refractivity contribution in [1.82, 2.24) is 0 Å². The van der Waals surface area contributed by atoms with Gasteiger partial charge in [-0.05, 0) is 17.5 Å². The van der Waals surface area contributed by atoms with Crippen molar-refractivity contribution in [2.45, 2.75) is 45.2 Å². The van der Waals surface area contributed by atoms with Gasteiger partial charge in [-0.15, -0.1) is 0 Å². The Hall–Kier alpha value is -3.78. The second kappa shape index (κ2) is 12.1. The molecular formula is C21H25NO13. The summed E-state index contributed by atoms with van der Waals surface area (Å²) in [6.07, 6.45) is -4.72. The molecule has 0 aromatic heterocycles. The molecule has 35 heavy (non-hydrogen) atoms. The number of esters is 1. The van der Waals surface area contributed by atoms with Gasteiger partial charge in [0.15, 0.2) is 5.75 Å². The number of nitro groups is 1. The number of aliphatic hydroxyl groups is 1. The van der Waals surface area contributed by atoms with Crippen molar-refractivity contribution in [1.29, 1.82) is 0 Å². The fourth-order valence-corrected chi connectivity index (χ4v) is 4.11. The first-order valence-electron chi connectivity index (χ1n) is 10.4. The summed E-state index contributed by atoms with van der Waals surface area (Å²) in [6, 6.07) is 3.54. The fraction of sp³-hybridized carbons (Fsp3) is 0.524. The van der Waals surface area contributed by atoms with Crippen molar-refractivity contribution in [2.24, 2.45) is 17.8 Å². The van der Waals surface area contributed by atoms with E-state index in [-0.39, 0.29) is 11.3 Å². The molecule has 0 aliphatic carbocycles. The van der Waals surface area contributed by atoms with E-state index in [9.17, 15) is 49.7 Å². The topological polar surface area (TPSA) is 220 Å². The summed E-state index contributed by atoms with van der Waals surface area (Å²) in [7, 11) is 0. The summed E-state index contributed by atoms with van der Waals surface area (Å²) in [5, 5.41) is 49.0. The Morgan fingerprint density at radius 1 is 1.00 bits per heavy atom. The molecule has 0 bridgehead atoms. The number of carboxylic acid groups (broad SMARTS) is 3. The third kappa shape index (κ3) is 7.61. The first kappa shape index (κ1) is 27.5. The van der Waals surface area contributed by atoms with Crippen molar-refractivity contribution in [3.05, 3.63) is 33.9 Å². The highest BCUT2D eigenvalue weighted by molar-refractivity contribution is 5.70. The van der Waals surface area contributed by atoms with Gasteiger partial charge in [-0.25, -0.2) is 0 Å². The lowest BCUT2D eigenvalue weighted by Crippen LogP contribution is -2.53. The Morgan fingerprint density at radius 2 is 1.57 bits per heavy atom. The lowest BCUT2D eigenvalue weighted by atomic mass is 9.71. The molecule has 14 heteroatoms. The van der Waals surface area contributed by atoms with Gasteiger partial charge in [0, 0.05) is 31.2 Å². The average molecular weight is 499 g/mol. The highest BCUT2D eigenvalue weighted by Gasteiger charge is 2.49. The van der Waals surface area contributed by atoms with Gasteiger partial charge in [-0.2, -0.15) is 0 Å². The van der Waals surface area contributed by atoms with Crippen molar-refractivity contribution < 1.29 is 58.7 Å². The molecule has 14 nitrogen and oxygen atoms in total. The largest absolute Gasteiger partial charge is 0.481 e.